The summed E-state index contributed by atoms with van der Waals surface area (Å²) in [6.07, 6.45) is 0.0106. The standard InChI is InChI=1S/C27H23F3N2O5S/c28-27(29,30)37-23-11-8-19(9-12-23)7-4-16-38(35,36)31-22-10-13-24-21(18-22)14-15-32(24)25(26(33)34)17-20-5-2-1-3-6-20/h1-15,18,25,31H,16-17H2,(H,33,34). The maximum absolute atomic E-state index is 12.6. The highest BCUT2D eigenvalue weighted by Crippen LogP contribution is 2.27. The highest BCUT2D eigenvalue weighted by atomic mass is 32.2. The number of halogens is 3. The number of carboxylic acid groups (broad SMARTS) is 1. The molecule has 0 saturated heterocycles. The van der Waals surface area contributed by atoms with Crippen LogP contribution < -0.4 is 9.46 Å². The summed E-state index contributed by atoms with van der Waals surface area (Å²) in [6.45, 7) is 0. The van der Waals surface area contributed by atoms with Crippen LogP contribution in [0.15, 0.2) is 91.1 Å². The van der Waals surface area contributed by atoms with E-state index in [2.05, 4.69) is 9.46 Å². The molecule has 198 valence electrons. The molecule has 1 heterocycles. The Morgan fingerprint density at radius 3 is 2.39 bits per heavy atom. The van der Waals surface area contributed by atoms with Crippen molar-refractivity contribution in [1.29, 1.82) is 0 Å². The van der Waals surface area contributed by atoms with Crippen LogP contribution in [-0.2, 0) is 21.2 Å². The lowest BCUT2D eigenvalue weighted by Gasteiger charge is -2.16. The Labute approximate surface area is 216 Å². The molecule has 1 unspecified atom stereocenters. The van der Waals surface area contributed by atoms with Crippen LogP contribution >= 0.6 is 0 Å². The quantitative estimate of drug-likeness (QED) is 0.261. The first-order valence-corrected chi connectivity index (χ1v) is 13.0. The van der Waals surface area contributed by atoms with Crippen LogP contribution in [0.5, 0.6) is 5.75 Å². The number of carbonyl (C=O) groups is 1. The fraction of sp³-hybridized carbons (Fsp3) is 0.148. The highest BCUT2D eigenvalue weighted by Gasteiger charge is 2.30. The third-order valence-electron chi connectivity index (χ3n) is 5.63. The number of aliphatic carboxylic acids is 1. The molecule has 3 aromatic carbocycles. The largest absolute Gasteiger partial charge is 0.573 e. The molecule has 0 amide bonds. The van der Waals surface area contributed by atoms with Crippen LogP contribution in [0.4, 0.5) is 18.9 Å². The Bertz CT molecular complexity index is 1550. The lowest BCUT2D eigenvalue weighted by Crippen LogP contribution is -2.20. The summed E-state index contributed by atoms with van der Waals surface area (Å²) in [7, 11) is -3.78. The number of ether oxygens (including phenoxy) is 1. The summed E-state index contributed by atoms with van der Waals surface area (Å²) in [4.78, 5) is 12.0. The van der Waals surface area contributed by atoms with Gasteiger partial charge in [0.25, 0.3) is 0 Å². The van der Waals surface area contributed by atoms with Crippen molar-refractivity contribution < 1.29 is 36.2 Å². The molecule has 11 heteroatoms. The van der Waals surface area contributed by atoms with Crippen molar-refractivity contribution in [2.45, 2.75) is 18.8 Å². The third kappa shape index (κ3) is 7.16. The average molecular weight is 545 g/mol. The topological polar surface area (TPSA) is 97.6 Å². The minimum atomic E-state index is -4.79. The number of alkyl halides is 3. The molecule has 0 fully saturated rings. The predicted molar refractivity (Wildman–Crippen MR) is 138 cm³/mol. The molecule has 7 nitrogen and oxygen atoms in total. The molecule has 1 atom stereocenters. The predicted octanol–water partition coefficient (Wildman–Crippen LogP) is 5.86. The van der Waals surface area contributed by atoms with Gasteiger partial charge in [-0.2, -0.15) is 0 Å². The number of benzene rings is 3. The summed E-state index contributed by atoms with van der Waals surface area (Å²) in [5.41, 5.74) is 2.34. The number of sulfonamides is 1. The number of hydrogen-bond donors (Lipinski definition) is 2. The molecule has 0 aliphatic heterocycles. The van der Waals surface area contributed by atoms with Crippen LogP contribution in [-0.4, -0.2) is 36.2 Å². The van der Waals surface area contributed by atoms with E-state index in [9.17, 15) is 31.5 Å². The van der Waals surface area contributed by atoms with Gasteiger partial charge in [-0.3, -0.25) is 4.72 Å². The van der Waals surface area contributed by atoms with Crippen LogP contribution in [0.2, 0.25) is 0 Å². The molecule has 0 spiro atoms. The number of nitrogens with zero attached hydrogens (tertiary/aromatic N) is 1. The molecule has 0 saturated carbocycles. The summed E-state index contributed by atoms with van der Waals surface area (Å²) in [5, 5.41) is 10.5. The first-order chi connectivity index (χ1) is 18.0. The molecule has 4 rings (SSSR count). The van der Waals surface area contributed by atoms with Gasteiger partial charge >= 0.3 is 12.3 Å². The maximum atomic E-state index is 12.6. The SMILES string of the molecule is O=C(O)C(Cc1ccccc1)n1ccc2cc(NS(=O)(=O)CC=Cc3ccc(OC(F)(F)F)cc3)ccc21. The van der Waals surface area contributed by atoms with E-state index in [1.807, 2.05) is 30.3 Å². The van der Waals surface area contributed by atoms with E-state index in [4.69, 9.17) is 0 Å². The van der Waals surface area contributed by atoms with Crippen molar-refractivity contribution in [2.24, 2.45) is 0 Å². The lowest BCUT2D eigenvalue weighted by atomic mass is 10.1. The molecule has 2 N–H and O–H groups in total. The van der Waals surface area contributed by atoms with Crippen molar-refractivity contribution in [3.63, 3.8) is 0 Å². The van der Waals surface area contributed by atoms with Crippen molar-refractivity contribution in [1.82, 2.24) is 4.57 Å². The molecule has 0 aliphatic rings. The summed E-state index contributed by atoms with van der Waals surface area (Å²) >= 11 is 0. The smallest absolute Gasteiger partial charge is 0.480 e. The first-order valence-electron chi connectivity index (χ1n) is 11.4. The second-order valence-electron chi connectivity index (χ2n) is 8.44. The number of anilines is 1. The average Bonchev–Trinajstić information content (AvgIpc) is 3.25. The Balaban J connectivity index is 1.43. The highest BCUT2D eigenvalue weighted by molar-refractivity contribution is 7.92. The lowest BCUT2D eigenvalue weighted by molar-refractivity contribution is -0.274. The van der Waals surface area contributed by atoms with Gasteiger partial charge in [-0.05, 0) is 47.5 Å². The Morgan fingerprint density at radius 1 is 1.03 bits per heavy atom. The van der Waals surface area contributed by atoms with E-state index in [0.717, 1.165) is 17.7 Å². The van der Waals surface area contributed by atoms with Gasteiger partial charge in [0, 0.05) is 29.2 Å². The van der Waals surface area contributed by atoms with Gasteiger partial charge in [-0.25, -0.2) is 13.2 Å². The molecule has 38 heavy (non-hydrogen) atoms. The minimum absolute atomic E-state index is 0.290. The molecule has 0 bridgehead atoms. The van der Waals surface area contributed by atoms with Gasteiger partial charge in [-0.15, -0.1) is 13.2 Å². The van der Waals surface area contributed by atoms with Gasteiger partial charge in [0.1, 0.15) is 11.8 Å². The fourth-order valence-electron chi connectivity index (χ4n) is 3.95. The second-order valence-corrected chi connectivity index (χ2v) is 10.2. The van der Waals surface area contributed by atoms with Crippen molar-refractivity contribution >= 4 is 38.7 Å². The van der Waals surface area contributed by atoms with Crippen molar-refractivity contribution in [3.05, 3.63) is 102 Å². The van der Waals surface area contributed by atoms with E-state index >= 15 is 0 Å². The maximum Gasteiger partial charge on any atom is 0.573 e. The Morgan fingerprint density at radius 2 is 1.74 bits per heavy atom. The Kier molecular flexibility index (Phi) is 7.77. The third-order valence-corrected chi connectivity index (χ3v) is 6.80. The van der Waals surface area contributed by atoms with Gasteiger partial charge in [-0.1, -0.05) is 54.6 Å². The zero-order valence-electron chi connectivity index (χ0n) is 19.8. The summed E-state index contributed by atoms with van der Waals surface area (Å²) in [6, 6.07) is 20.0. The molecular formula is C27H23F3N2O5S. The van der Waals surface area contributed by atoms with Gasteiger partial charge in [0.2, 0.25) is 10.0 Å². The number of carboxylic acids is 1. The summed E-state index contributed by atoms with van der Waals surface area (Å²) in [5.74, 6) is -1.72. The monoisotopic (exact) mass is 544 g/mol. The minimum Gasteiger partial charge on any atom is -0.480 e. The van der Waals surface area contributed by atoms with Crippen LogP contribution in [0.1, 0.15) is 17.2 Å². The van der Waals surface area contributed by atoms with Gasteiger partial charge < -0.3 is 14.4 Å². The van der Waals surface area contributed by atoms with Gasteiger partial charge in [0.15, 0.2) is 0 Å². The van der Waals surface area contributed by atoms with E-state index in [0.29, 0.717) is 28.6 Å². The second kappa shape index (κ2) is 11.0. The van der Waals surface area contributed by atoms with E-state index in [1.54, 1.807) is 35.0 Å². The van der Waals surface area contributed by atoms with E-state index < -0.39 is 28.4 Å². The number of hydrogen-bond acceptors (Lipinski definition) is 4. The molecule has 0 radical (unpaired) electrons. The fourth-order valence-corrected chi connectivity index (χ4v) is 4.87. The normalized spacial score (nSPS) is 13.0. The van der Waals surface area contributed by atoms with Crippen molar-refractivity contribution in [2.75, 3.05) is 10.5 Å². The van der Waals surface area contributed by atoms with E-state index in [-0.39, 0.29) is 11.5 Å². The zero-order chi connectivity index (χ0) is 27.3. The number of fused-ring (bicyclic) bond motifs is 1. The molecule has 1 aromatic heterocycles. The van der Waals surface area contributed by atoms with Gasteiger partial charge in [0.05, 0.1) is 5.75 Å². The van der Waals surface area contributed by atoms with Crippen LogP contribution in [0.3, 0.4) is 0 Å². The number of rotatable bonds is 10. The number of nitrogens with one attached hydrogen (secondary N) is 1. The molecule has 0 aliphatic carbocycles. The van der Waals surface area contributed by atoms with Crippen LogP contribution in [0.25, 0.3) is 17.0 Å². The number of aromatic nitrogens is 1. The molecular weight excluding hydrogens is 521 g/mol. The van der Waals surface area contributed by atoms with Crippen molar-refractivity contribution in [3.8, 4) is 5.75 Å². The summed E-state index contributed by atoms with van der Waals surface area (Å²) < 4.78 is 69.8. The van der Waals surface area contributed by atoms with E-state index in [1.165, 1.54) is 24.3 Å². The zero-order valence-corrected chi connectivity index (χ0v) is 20.6. The Hall–Kier alpha value is -4.25. The first kappa shape index (κ1) is 26.8. The molecule has 4 aromatic rings. The van der Waals surface area contributed by atoms with Crippen LogP contribution in [0, 0.1) is 0 Å².